The quantitative estimate of drug-likeness (QED) is 0.697. The molecule has 1 aliphatic heterocycles. The van der Waals surface area contributed by atoms with Crippen molar-refractivity contribution < 1.29 is 19.0 Å². The second kappa shape index (κ2) is 3.81. The molecular weight excluding hydrogens is 196 g/mol. The van der Waals surface area contributed by atoms with E-state index in [2.05, 4.69) is 0 Å². The van der Waals surface area contributed by atoms with E-state index in [-0.39, 0.29) is 18.9 Å². The first-order valence-corrected chi connectivity index (χ1v) is 4.73. The summed E-state index contributed by atoms with van der Waals surface area (Å²) in [6.45, 7) is 3.46. The smallest absolute Gasteiger partial charge is 0.303 e. The zero-order valence-electron chi connectivity index (χ0n) is 8.65. The lowest BCUT2D eigenvalue weighted by atomic mass is 10.1. The molecule has 1 aromatic carbocycles. The number of ether oxygens (including phenoxy) is 3. The van der Waals surface area contributed by atoms with Gasteiger partial charge in [0.25, 0.3) is 0 Å². The van der Waals surface area contributed by atoms with E-state index in [0.717, 1.165) is 11.3 Å². The Balaban J connectivity index is 2.19. The molecule has 4 heteroatoms. The topological polar surface area (TPSA) is 44.8 Å². The molecule has 0 aromatic heterocycles. The molecule has 80 valence electrons. The third-order valence-corrected chi connectivity index (χ3v) is 2.21. The van der Waals surface area contributed by atoms with E-state index < -0.39 is 0 Å². The number of rotatable bonds is 2. The summed E-state index contributed by atoms with van der Waals surface area (Å²) in [5, 5.41) is 0. The van der Waals surface area contributed by atoms with Crippen molar-refractivity contribution >= 4 is 5.97 Å². The largest absolute Gasteiger partial charge is 0.458 e. The van der Waals surface area contributed by atoms with Crippen LogP contribution in [-0.4, -0.2) is 12.8 Å². The number of carbonyl (C=O) groups excluding carboxylic acids is 1. The van der Waals surface area contributed by atoms with Crippen molar-refractivity contribution in [3.63, 3.8) is 0 Å². The van der Waals surface area contributed by atoms with Gasteiger partial charge in [0.05, 0.1) is 0 Å². The van der Waals surface area contributed by atoms with Gasteiger partial charge in [0.2, 0.25) is 6.79 Å². The number of fused-ring (bicyclic) bond motifs is 1. The van der Waals surface area contributed by atoms with Crippen LogP contribution in [0.25, 0.3) is 0 Å². The highest BCUT2D eigenvalue weighted by molar-refractivity contribution is 5.66. The van der Waals surface area contributed by atoms with Gasteiger partial charge in [-0.2, -0.15) is 0 Å². The molecule has 0 N–H and O–H groups in total. The molecule has 1 atom stereocenters. The van der Waals surface area contributed by atoms with Gasteiger partial charge < -0.3 is 14.2 Å². The van der Waals surface area contributed by atoms with Crippen LogP contribution in [0.5, 0.6) is 11.5 Å². The maximum Gasteiger partial charge on any atom is 0.303 e. The van der Waals surface area contributed by atoms with Crippen molar-refractivity contribution in [2.75, 3.05) is 6.79 Å². The van der Waals surface area contributed by atoms with E-state index >= 15 is 0 Å². The molecule has 2 rings (SSSR count). The maximum atomic E-state index is 10.8. The van der Waals surface area contributed by atoms with Crippen LogP contribution in [0.15, 0.2) is 18.2 Å². The van der Waals surface area contributed by atoms with Crippen molar-refractivity contribution in [2.45, 2.75) is 20.0 Å². The van der Waals surface area contributed by atoms with Crippen LogP contribution in [0.2, 0.25) is 0 Å². The van der Waals surface area contributed by atoms with Crippen LogP contribution in [0.4, 0.5) is 0 Å². The summed E-state index contributed by atoms with van der Waals surface area (Å²) in [7, 11) is 0. The molecule has 0 saturated heterocycles. The summed E-state index contributed by atoms with van der Waals surface area (Å²) in [6.07, 6.45) is -0.267. The molecule has 0 spiro atoms. The number of carbonyl (C=O) groups is 1. The minimum absolute atomic E-state index is 0.251. The van der Waals surface area contributed by atoms with Gasteiger partial charge in [-0.25, -0.2) is 0 Å². The molecule has 0 aliphatic carbocycles. The third-order valence-electron chi connectivity index (χ3n) is 2.21. The van der Waals surface area contributed by atoms with E-state index in [9.17, 15) is 4.79 Å². The van der Waals surface area contributed by atoms with Gasteiger partial charge in [0.1, 0.15) is 6.10 Å². The first-order valence-electron chi connectivity index (χ1n) is 4.73. The summed E-state index contributed by atoms with van der Waals surface area (Å²) in [5.41, 5.74) is 0.898. The fraction of sp³-hybridized carbons (Fsp3) is 0.364. The molecule has 0 unspecified atom stereocenters. The number of esters is 1. The molecule has 15 heavy (non-hydrogen) atoms. The lowest BCUT2D eigenvalue weighted by molar-refractivity contribution is -0.145. The van der Waals surface area contributed by atoms with Crippen LogP contribution in [0.1, 0.15) is 25.5 Å². The van der Waals surface area contributed by atoms with Crippen LogP contribution < -0.4 is 9.47 Å². The van der Waals surface area contributed by atoms with Crippen molar-refractivity contribution in [3.8, 4) is 11.5 Å². The van der Waals surface area contributed by atoms with Crippen LogP contribution in [-0.2, 0) is 9.53 Å². The Kier molecular flexibility index (Phi) is 2.49. The first kappa shape index (κ1) is 9.83. The fourth-order valence-corrected chi connectivity index (χ4v) is 1.48. The van der Waals surface area contributed by atoms with Crippen LogP contribution >= 0.6 is 0 Å². The van der Waals surface area contributed by atoms with Gasteiger partial charge in [-0.1, -0.05) is 6.07 Å². The van der Waals surface area contributed by atoms with Crippen LogP contribution in [0, 0.1) is 0 Å². The van der Waals surface area contributed by atoms with E-state index in [1.165, 1.54) is 6.92 Å². The fourth-order valence-electron chi connectivity index (χ4n) is 1.48. The van der Waals surface area contributed by atoms with Gasteiger partial charge >= 0.3 is 5.97 Å². The zero-order valence-corrected chi connectivity index (χ0v) is 8.65. The van der Waals surface area contributed by atoms with Gasteiger partial charge in [0.15, 0.2) is 11.5 Å². The predicted octanol–water partition coefficient (Wildman–Crippen LogP) is 2.04. The van der Waals surface area contributed by atoms with Gasteiger partial charge in [-0.3, -0.25) is 4.79 Å². The second-order valence-corrected chi connectivity index (χ2v) is 3.36. The number of benzene rings is 1. The Labute approximate surface area is 87.8 Å². The maximum absolute atomic E-state index is 10.8. The van der Waals surface area contributed by atoms with E-state index in [0.29, 0.717) is 5.75 Å². The summed E-state index contributed by atoms with van der Waals surface area (Å²) in [6, 6.07) is 5.51. The monoisotopic (exact) mass is 208 g/mol. The molecule has 0 amide bonds. The Hall–Kier alpha value is -1.71. The zero-order chi connectivity index (χ0) is 10.8. The molecule has 0 bridgehead atoms. The highest BCUT2D eigenvalue weighted by Crippen LogP contribution is 2.34. The van der Waals surface area contributed by atoms with Crippen molar-refractivity contribution in [1.82, 2.24) is 0 Å². The van der Waals surface area contributed by atoms with E-state index in [1.807, 2.05) is 25.1 Å². The summed E-state index contributed by atoms with van der Waals surface area (Å²) in [5.74, 6) is 1.14. The van der Waals surface area contributed by atoms with Crippen molar-refractivity contribution in [2.24, 2.45) is 0 Å². The van der Waals surface area contributed by atoms with Crippen LogP contribution in [0.3, 0.4) is 0 Å². The summed E-state index contributed by atoms with van der Waals surface area (Å²) >= 11 is 0. The SMILES string of the molecule is CC(=O)O[C@@H](C)c1ccc2c(c1)OCO2. The minimum atomic E-state index is -0.292. The highest BCUT2D eigenvalue weighted by atomic mass is 16.7. The predicted molar refractivity (Wildman–Crippen MR) is 52.7 cm³/mol. The van der Waals surface area contributed by atoms with Crippen molar-refractivity contribution in [3.05, 3.63) is 23.8 Å². The lowest BCUT2D eigenvalue weighted by Gasteiger charge is -2.12. The van der Waals surface area contributed by atoms with Gasteiger partial charge in [-0.05, 0) is 24.6 Å². The Morgan fingerprint density at radius 1 is 1.40 bits per heavy atom. The molecule has 0 radical (unpaired) electrons. The molecule has 1 aromatic rings. The molecule has 1 heterocycles. The second-order valence-electron chi connectivity index (χ2n) is 3.36. The van der Waals surface area contributed by atoms with Gasteiger partial charge in [-0.15, -0.1) is 0 Å². The summed E-state index contributed by atoms with van der Waals surface area (Å²) < 4.78 is 15.5. The summed E-state index contributed by atoms with van der Waals surface area (Å²) in [4.78, 5) is 10.8. The molecular formula is C11H12O4. The first-order chi connectivity index (χ1) is 7.16. The molecule has 0 fully saturated rings. The highest BCUT2D eigenvalue weighted by Gasteiger charge is 2.16. The average Bonchev–Trinajstić information content (AvgIpc) is 2.62. The Morgan fingerprint density at radius 2 is 2.13 bits per heavy atom. The molecule has 0 saturated carbocycles. The standard InChI is InChI=1S/C11H12O4/c1-7(15-8(2)12)9-3-4-10-11(5-9)14-6-13-10/h3-5,7H,6H2,1-2H3/t7-/m0/s1. The van der Waals surface area contributed by atoms with Gasteiger partial charge in [0, 0.05) is 6.92 Å². The molecule has 1 aliphatic rings. The molecule has 4 nitrogen and oxygen atoms in total. The minimum Gasteiger partial charge on any atom is -0.458 e. The normalized spacial score (nSPS) is 14.8. The van der Waals surface area contributed by atoms with Crippen molar-refractivity contribution in [1.29, 1.82) is 0 Å². The average molecular weight is 208 g/mol. The Morgan fingerprint density at radius 3 is 2.87 bits per heavy atom. The number of hydrogen-bond acceptors (Lipinski definition) is 4. The number of hydrogen-bond donors (Lipinski definition) is 0. The lowest BCUT2D eigenvalue weighted by Crippen LogP contribution is -2.04. The Bertz CT molecular complexity index is 386. The van der Waals surface area contributed by atoms with E-state index in [1.54, 1.807) is 0 Å². The third kappa shape index (κ3) is 2.03. The van der Waals surface area contributed by atoms with E-state index in [4.69, 9.17) is 14.2 Å².